The largest absolute Gasteiger partial charge is 0.476 e. The Morgan fingerprint density at radius 2 is 2.50 bits per heavy atom. The summed E-state index contributed by atoms with van der Waals surface area (Å²) in [5.74, 6) is -0.943. The van der Waals surface area contributed by atoms with Crippen LogP contribution in [0.4, 0.5) is 0 Å². The van der Waals surface area contributed by atoms with Gasteiger partial charge in [-0.25, -0.2) is 4.79 Å². The van der Waals surface area contributed by atoms with Crippen LogP contribution in [0.25, 0.3) is 0 Å². The number of hydrazine groups is 2. The number of hydrogen-bond donors (Lipinski definition) is 3. The molecule has 0 fully saturated rings. The zero-order valence-corrected chi connectivity index (χ0v) is 7.00. The second-order valence-corrected chi connectivity index (χ2v) is 2.63. The van der Waals surface area contributed by atoms with Gasteiger partial charge in [-0.15, -0.1) is 5.53 Å². The van der Waals surface area contributed by atoms with Gasteiger partial charge < -0.3 is 5.11 Å². The lowest BCUT2D eigenvalue weighted by Crippen LogP contribution is -2.37. The highest BCUT2D eigenvalue weighted by Gasteiger charge is 2.15. The normalized spacial score (nSPS) is 15.8. The monoisotopic (exact) mass is 171 g/mol. The van der Waals surface area contributed by atoms with Gasteiger partial charge in [0.2, 0.25) is 0 Å². The van der Waals surface area contributed by atoms with E-state index in [0.29, 0.717) is 0 Å². The first kappa shape index (κ1) is 8.86. The van der Waals surface area contributed by atoms with Gasteiger partial charge in [-0.05, 0) is 6.42 Å². The molecule has 3 N–H and O–H groups in total. The molecule has 1 aliphatic rings. The van der Waals surface area contributed by atoms with E-state index < -0.39 is 5.97 Å². The summed E-state index contributed by atoms with van der Waals surface area (Å²) < 4.78 is 0. The van der Waals surface area contributed by atoms with Crippen LogP contribution < -0.4 is 11.0 Å². The highest BCUT2D eigenvalue weighted by Crippen LogP contribution is 2.00. The van der Waals surface area contributed by atoms with Gasteiger partial charge in [0.15, 0.2) is 5.70 Å². The van der Waals surface area contributed by atoms with Gasteiger partial charge in [0.1, 0.15) is 0 Å². The second-order valence-electron chi connectivity index (χ2n) is 2.63. The fourth-order valence-electron chi connectivity index (χ4n) is 0.910. The lowest BCUT2D eigenvalue weighted by atomic mass is 10.3. The average molecular weight is 171 g/mol. The number of carboxylic acid groups (broad SMARTS) is 1. The number of nitrogens with one attached hydrogen (secondary N) is 2. The summed E-state index contributed by atoms with van der Waals surface area (Å²) in [5.41, 5.74) is 5.47. The molecule has 0 saturated heterocycles. The van der Waals surface area contributed by atoms with Gasteiger partial charge in [-0.2, -0.15) is 0 Å². The van der Waals surface area contributed by atoms with E-state index in [-0.39, 0.29) is 5.70 Å². The standard InChI is InChI=1S/C7H13N3O2/c1-2-3-4-10-5-6(7(11)12)8-9-10/h5,8-9H,2-4H2,1H3,(H,11,12). The number of aliphatic carboxylic acids is 1. The van der Waals surface area contributed by atoms with Crippen LogP contribution >= 0.6 is 0 Å². The molecule has 5 nitrogen and oxygen atoms in total. The number of unbranched alkanes of at least 4 members (excludes halogenated alkanes) is 1. The van der Waals surface area contributed by atoms with Crippen LogP contribution in [0.15, 0.2) is 11.9 Å². The van der Waals surface area contributed by atoms with Crippen LogP contribution in [0.5, 0.6) is 0 Å². The van der Waals surface area contributed by atoms with Gasteiger partial charge in [0, 0.05) is 12.7 Å². The average Bonchev–Trinajstić information content (AvgIpc) is 2.48. The highest BCUT2D eigenvalue weighted by atomic mass is 16.4. The van der Waals surface area contributed by atoms with E-state index in [1.165, 1.54) is 0 Å². The molecule has 0 amide bonds. The van der Waals surface area contributed by atoms with E-state index in [1.807, 2.05) is 0 Å². The Kier molecular flexibility index (Phi) is 2.93. The summed E-state index contributed by atoms with van der Waals surface area (Å²) in [6, 6.07) is 0. The molecule has 0 unspecified atom stereocenters. The molecular formula is C7H13N3O2. The van der Waals surface area contributed by atoms with Gasteiger partial charge in [-0.1, -0.05) is 13.3 Å². The minimum absolute atomic E-state index is 0.186. The lowest BCUT2D eigenvalue weighted by Gasteiger charge is -2.13. The third-order valence-electron chi connectivity index (χ3n) is 1.60. The highest BCUT2D eigenvalue weighted by molar-refractivity contribution is 5.85. The van der Waals surface area contributed by atoms with Gasteiger partial charge >= 0.3 is 5.97 Å². The Morgan fingerprint density at radius 3 is 3.00 bits per heavy atom. The predicted octanol–water partition coefficient (Wildman–Crippen LogP) is 0.0373. The van der Waals surface area contributed by atoms with Crippen LogP contribution in [0, 0.1) is 0 Å². The minimum Gasteiger partial charge on any atom is -0.476 e. The molecule has 12 heavy (non-hydrogen) atoms. The van der Waals surface area contributed by atoms with E-state index in [2.05, 4.69) is 17.9 Å². The zero-order valence-electron chi connectivity index (χ0n) is 7.00. The van der Waals surface area contributed by atoms with Crippen molar-refractivity contribution in [2.75, 3.05) is 6.54 Å². The first-order chi connectivity index (χ1) is 5.74. The molecule has 0 radical (unpaired) electrons. The molecule has 0 aromatic carbocycles. The molecule has 0 atom stereocenters. The van der Waals surface area contributed by atoms with Crippen molar-refractivity contribution in [3.05, 3.63) is 11.9 Å². The first-order valence-electron chi connectivity index (χ1n) is 3.97. The molecule has 0 aromatic rings. The molecule has 1 heterocycles. The Hall–Kier alpha value is -1.23. The Balaban J connectivity index is 2.36. The van der Waals surface area contributed by atoms with Crippen molar-refractivity contribution in [3.8, 4) is 0 Å². The zero-order chi connectivity index (χ0) is 8.97. The number of hydrogen-bond acceptors (Lipinski definition) is 4. The van der Waals surface area contributed by atoms with Crippen molar-refractivity contribution in [1.29, 1.82) is 0 Å². The summed E-state index contributed by atoms with van der Waals surface area (Å²) in [6.45, 7) is 2.91. The predicted molar refractivity (Wildman–Crippen MR) is 43.6 cm³/mol. The molecule has 0 aliphatic carbocycles. The van der Waals surface area contributed by atoms with E-state index in [0.717, 1.165) is 19.4 Å². The SMILES string of the molecule is CCCCN1C=C(C(=O)O)NN1. The maximum atomic E-state index is 10.4. The van der Waals surface area contributed by atoms with Crippen molar-refractivity contribution < 1.29 is 9.90 Å². The van der Waals surface area contributed by atoms with Crippen molar-refractivity contribution in [2.45, 2.75) is 19.8 Å². The fraction of sp³-hybridized carbons (Fsp3) is 0.571. The maximum Gasteiger partial charge on any atom is 0.354 e. The van der Waals surface area contributed by atoms with Crippen molar-refractivity contribution >= 4 is 5.97 Å². The van der Waals surface area contributed by atoms with Crippen LogP contribution in [-0.4, -0.2) is 22.6 Å². The Bertz CT molecular complexity index is 203. The van der Waals surface area contributed by atoms with Gasteiger partial charge in [0.05, 0.1) is 0 Å². The molecule has 5 heteroatoms. The molecule has 1 rings (SSSR count). The molecule has 0 spiro atoms. The quantitative estimate of drug-likeness (QED) is 0.557. The third-order valence-corrected chi connectivity index (χ3v) is 1.60. The summed E-state index contributed by atoms with van der Waals surface area (Å²) in [7, 11) is 0. The third kappa shape index (κ3) is 2.13. The summed E-state index contributed by atoms with van der Waals surface area (Å²) in [4.78, 5) is 10.4. The first-order valence-corrected chi connectivity index (χ1v) is 3.97. The molecule has 0 bridgehead atoms. The molecule has 1 aliphatic heterocycles. The van der Waals surface area contributed by atoms with Crippen LogP contribution in [0.3, 0.4) is 0 Å². The number of carboxylic acids is 1. The summed E-state index contributed by atoms with van der Waals surface area (Å²) >= 11 is 0. The van der Waals surface area contributed by atoms with Crippen LogP contribution in [0.1, 0.15) is 19.8 Å². The van der Waals surface area contributed by atoms with Crippen LogP contribution in [-0.2, 0) is 4.79 Å². The number of carbonyl (C=O) groups is 1. The van der Waals surface area contributed by atoms with Crippen molar-refractivity contribution in [2.24, 2.45) is 0 Å². The summed E-state index contributed by atoms with van der Waals surface area (Å²) in [5, 5.41) is 10.3. The van der Waals surface area contributed by atoms with E-state index in [1.54, 1.807) is 11.2 Å². The lowest BCUT2D eigenvalue weighted by molar-refractivity contribution is -0.133. The summed E-state index contributed by atoms with van der Waals surface area (Å²) in [6.07, 6.45) is 3.69. The smallest absolute Gasteiger partial charge is 0.354 e. The molecule has 0 aromatic heterocycles. The van der Waals surface area contributed by atoms with E-state index >= 15 is 0 Å². The molecular weight excluding hydrogens is 158 g/mol. The minimum atomic E-state index is -0.943. The Morgan fingerprint density at radius 1 is 1.75 bits per heavy atom. The molecule has 68 valence electrons. The number of rotatable bonds is 4. The van der Waals surface area contributed by atoms with Gasteiger partial charge in [-0.3, -0.25) is 10.4 Å². The topological polar surface area (TPSA) is 64.6 Å². The molecule has 0 saturated carbocycles. The van der Waals surface area contributed by atoms with Crippen molar-refractivity contribution in [1.82, 2.24) is 16.0 Å². The fourth-order valence-corrected chi connectivity index (χ4v) is 0.910. The van der Waals surface area contributed by atoms with E-state index in [9.17, 15) is 4.79 Å². The van der Waals surface area contributed by atoms with Crippen molar-refractivity contribution in [3.63, 3.8) is 0 Å². The van der Waals surface area contributed by atoms with E-state index in [4.69, 9.17) is 5.11 Å². The number of nitrogens with zero attached hydrogens (tertiary/aromatic N) is 1. The Labute approximate surface area is 71.0 Å². The van der Waals surface area contributed by atoms with Gasteiger partial charge in [0.25, 0.3) is 0 Å². The maximum absolute atomic E-state index is 10.4. The van der Waals surface area contributed by atoms with Crippen LogP contribution in [0.2, 0.25) is 0 Å². The second kappa shape index (κ2) is 3.96.